The molecule has 0 aliphatic rings. The summed E-state index contributed by atoms with van der Waals surface area (Å²) in [6.07, 6.45) is 1.05. The van der Waals surface area contributed by atoms with Crippen LogP contribution in [0.15, 0.2) is 41.3 Å². The number of nitriles is 1. The first-order valence-corrected chi connectivity index (χ1v) is 8.81. The normalized spacial score (nSPS) is 10.9. The van der Waals surface area contributed by atoms with Crippen molar-refractivity contribution in [2.45, 2.75) is 11.8 Å². The number of halogens is 1. The molecule has 0 atom stereocenters. The molecule has 0 fully saturated rings. The van der Waals surface area contributed by atoms with Crippen molar-refractivity contribution in [3.63, 3.8) is 0 Å². The highest BCUT2D eigenvalue weighted by Gasteiger charge is 2.18. The molecule has 0 heterocycles. The van der Waals surface area contributed by atoms with Crippen molar-refractivity contribution in [2.24, 2.45) is 0 Å². The van der Waals surface area contributed by atoms with Crippen LogP contribution < -0.4 is 5.32 Å². The quantitative estimate of drug-likeness (QED) is 0.856. The van der Waals surface area contributed by atoms with Gasteiger partial charge in [-0.25, -0.2) is 8.42 Å². The third-order valence-electron chi connectivity index (χ3n) is 3.21. The van der Waals surface area contributed by atoms with E-state index in [1.165, 1.54) is 6.07 Å². The topological polar surface area (TPSA) is 87.0 Å². The first-order chi connectivity index (χ1) is 10.7. The molecule has 23 heavy (non-hydrogen) atoms. The Morgan fingerprint density at radius 3 is 2.52 bits per heavy atom. The lowest BCUT2D eigenvalue weighted by Crippen LogP contribution is -2.06. The van der Waals surface area contributed by atoms with Crippen molar-refractivity contribution in [1.29, 1.82) is 5.26 Å². The third-order valence-corrected chi connectivity index (χ3v) is 4.55. The van der Waals surface area contributed by atoms with Crippen molar-refractivity contribution >= 4 is 38.1 Å². The molecule has 0 unspecified atom stereocenters. The Morgan fingerprint density at radius 2 is 1.96 bits per heavy atom. The molecule has 0 saturated carbocycles. The van der Waals surface area contributed by atoms with Crippen LogP contribution in [0.2, 0.25) is 0 Å². The standard InChI is InChI=1S/C16H13ClN2O3S/c1-10-6-14(19-12-5-3-4-11(7-12)9-18)15(23(2,21)22)8-13(10)16(17)20/h3-8,19H,1-2H3. The van der Waals surface area contributed by atoms with Gasteiger partial charge in [0.25, 0.3) is 5.24 Å². The average molecular weight is 349 g/mol. The molecular formula is C16H13ClN2O3S. The molecule has 0 bridgehead atoms. The minimum absolute atomic E-state index is 0.0329. The van der Waals surface area contributed by atoms with Gasteiger partial charge in [-0.05, 0) is 54.4 Å². The van der Waals surface area contributed by atoms with E-state index < -0.39 is 15.1 Å². The van der Waals surface area contributed by atoms with E-state index in [1.807, 2.05) is 6.07 Å². The van der Waals surface area contributed by atoms with Gasteiger partial charge in [-0.1, -0.05) is 6.07 Å². The Kier molecular flexibility index (Phi) is 4.73. The van der Waals surface area contributed by atoms with Crippen LogP contribution in [0.3, 0.4) is 0 Å². The fourth-order valence-corrected chi connectivity index (χ4v) is 3.17. The van der Waals surface area contributed by atoms with Crippen LogP contribution in [-0.4, -0.2) is 19.9 Å². The van der Waals surface area contributed by atoms with Crippen molar-refractivity contribution in [2.75, 3.05) is 11.6 Å². The first kappa shape index (κ1) is 17.0. The number of nitrogens with one attached hydrogen (secondary N) is 1. The lowest BCUT2D eigenvalue weighted by molar-refractivity contribution is 0.108. The van der Waals surface area contributed by atoms with Crippen LogP contribution in [0.5, 0.6) is 0 Å². The molecule has 0 amide bonds. The van der Waals surface area contributed by atoms with Gasteiger partial charge in [-0.15, -0.1) is 0 Å². The molecule has 1 N–H and O–H groups in total. The second-order valence-electron chi connectivity index (χ2n) is 5.03. The Labute approximate surface area is 139 Å². The largest absolute Gasteiger partial charge is 0.354 e. The van der Waals surface area contributed by atoms with Crippen LogP contribution in [0.25, 0.3) is 0 Å². The van der Waals surface area contributed by atoms with Gasteiger partial charge in [-0.3, -0.25) is 4.79 Å². The van der Waals surface area contributed by atoms with Gasteiger partial charge in [0, 0.05) is 17.5 Å². The molecular weight excluding hydrogens is 336 g/mol. The van der Waals surface area contributed by atoms with E-state index in [0.717, 1.165) is 6.26 Å². The molecule has 0 saturated heterocycles. The minimum Gasteiger partial charge on any atom is -0.354 e. The maximum atomic E-state index is 12.0. The number of carbonyl (C=O) groups is 1. The highest BCUT2D eigenvalue weighted by atomic mass is 35.5. The summed E-state index contributed by atoms with van der Waals surface area (Å²) in [6, 6.07) is 11.5. The summed E-state index contributed by atoms with van der Waals surface area (Å²) >= 11 is 5.49. The van der Waals surface area contributed by atoms with Gasteiger partial charge in [0.2, 0.25) is 0 Å². The number of aryl methyl sites for hydroxylation is 1. The van der Waals surface area contributed by atoms with Crippen molar-refractivity contribution in [3.05, 3.63) is 53.1 Å². The summed E-state index contributed by atoms with van der Waals surface area (Å²) in [5, 5.41) is 11.2. The van der Waals surface area contributed by atoms with E-state index in [1.54, 1.807) is 37.3 Å². The number of rotatable bonds is 4. The zero-order valence-corrected chi connectivity index (χ0v) is 14.0. The van der Waals surface area contributed by atoms with E-state index in [2.05, 4.69) is 5.32 Å². The number of hydrogen-bond donors (Lipinski definition) is 1. The SMILES string of the molecule is Cc1cc(Nc2cccc(C#N)c2)c(S(C)(=O)=O)cc1C(=O)Cl. The molecule has 2 aromatic carbocycles. The van der Waals surface area contributed by atoms with Gasteiger partial charge in [0.15, 0.2) is 9.84 Å². The van der Waals surface area contributed by atoms with Gasteiger partial charge in [-0.2, -0.15) is 5.26 Å². The van der Waals surface area contributed by atoms with Crippen molar-refractivity contribution < 1.29 is 13.2 Å². The fourth-order valence-electron chi connectivity index (χ4n) is 2.13. The average Bonchev–Trinajstić information content (AvgIpc) is 2.45. The molecule has 118 valence electrons. The summed E-state index contributed by atoms with van der Waals surface area (Å²) < 4.78 is 24.0. The Hall–Kier alpha value is -2.36. The summed E-state index contributed by atoms with van der Waals surface area (Å²) in [5.74, 6) is 0. The Bertz CT molecular complexity index is 931. The molecule has 0 spiro atoms. The maximum Gasteiger partial charge on any atom is 0.252 e. The minimum atomic E-state index is -3.58. The highest BCUT2D eigenvalue weighted by molar-refractivity contribution is 7.90. The Balaban J connectivity index is 2.59. The number of hydrogen-bond acceptors (Lipinski definition) is 5. The number of nitrogens with zero attached hydrogens (tertiary/aromatic N) is 1. The van der Waals surface area contributed by atoms with Gasteiger partial charge in [0.1, 0.15) is 0 Å². The van der Waals surface area contributed by atoms with E-state index in [9.17, 15) is 13.2 Å². The summed E-state index contributed by atoms with van der Waals surface area (Å²) in [5.41, 5.74) is 2.03. The van der Waals surface area contributed by atoms with E-state index in [0.29, 0.717) is 22.5 Å². The summed E-state index contributed by atoms with van der Waals surface area (Å²) in [4.78, 5) is 11.4. The molecule has 0 aliphatic heterocycles. The predicted molar refractivity (Wildman–Crippen MR) is 88.9 cm³/mol. The van der Waals surface area contributed by atoms with Crippen LogP contribution in [0.4, 0.5) is 11.4 Å². The smallest absolute Gasteiger partial charge is 0.252 e. The number of benzene rings is 2. The van der Waals surface area contributed by atoms with Crippen molar-refractivity contribution in [1.82, 2.24) is 0 Å². The molecule has 0 aromatic heterocycles. The zero-order chi connectivity index (χ0) is 17.2. The van der Waals surface area contributed by atoms with Crippen LogP contribution >= 0.6 is 11.6 Å². The molecule has 0 aliphatic carbocycles. The van der Waals surface area contributed by atoms with E-state index >= 15 is 0 Å². The molecule has 0 radical (unpaired) electrons. The fraction of sp³-hybridized carbons (Fsp3) is 0.125. The lowest BCUT2D eigenvalue weighted by atomic mass is 10.1. The lowest BCUT2D eigenvalue weighted by Gasteiger charge is -2.14. The third kappa shape index (κ3) is 3.89. The number of anilines is 2. The van der Waals surface area contributed by atoms with Gasteiger partial charge < -0.3 is 5.32 Å². The van der Waals surface area contributed by atoms with Crippen LogP contribution in [0.1, 0.15) is 21.5 Å². The first-order valence-electron chi connectivity index (χ1n) is 6.54. The highest BCUT2D eigenvalue weighted by Crippen LogP contribution is 2.29. The monoisotopic (exact) mass is 348 g/mol. The molecule has 7 heteroatoms. The molecule has 2 aromatic rings. The van der Waals surface area contributed by atoms with Crippen LogP contribution in [-0.2, 0) is 9.84 Å². The second-order valence-corrected chi connectivity index (χ2v) is 7.35. The summed E-state index contributed by atoms with van der Waals surface area (Å²) in [6.45, 7) is 1.67. The predicted octanol–water partition coefficient (Wildman–Crippen LogP) is 3.39. The van der Waals surface area contributed by atoms with E-state index in [-0.39, 0.29) is 10.5 Å². The van der Waals surface area contributed by atoms with Crippen LogP contribution in [0, 0.1) is 18.3 Å². The maximum absolute atomic E-state index is 12.0. The van der Waals surface area contributed by atoms with Crippen molar-refractivity contribution in [3.8, 4) is 6.07 Å². The van der Waals surface area contributed by atoms with Gasteiger partial charge in [0.05, 0.1) is 22.2 Å². The van der Waals surface area contributed by atoms with E-state index in [4.69, 9.17) is 16.9 Å². The van der Waals surface area contributed by atoms with Gasteiger partial charge >= 0.3 is 0 Å². The number of carbonyl (C=O) groups excluding carboxylic acids is 1. The second kappa shape index (κ2) is 6.41. The molecule has 2 rings (SSSR count). The molecule has 5 nitrogen and oxygen atoms in total. The number of sulfone groups is 1. The zero-order valence-electron chi connectivity index (χ0n) is 12.4. The summed E-state index contributed by atoms with van der Waals surface area (Å²) in [7, 11) is -3.58. The Morgan fingerprint density at radius 1 is 1.26 bits per heavy atom.